The number of nitro groups is 1. The van der Waals surface area contributed by atoms with Gasteiger partial charge in [-0.05, 0) is 60.0 Å². The Hall–Kier alpha value is -8.74. The van der Waals surface area contributed by atoms with Gasteiger partial charge in [0.05, 0.1) is 48.6 Å². The average molecular weight is 1210 g/mol. The van der Waals surface area contributed by atoms with Crippen LogP contribution in [0.2, 0.25) is 0 Å². The van der Waals surface area contributed by atoms with Crippen LogP contribution in [-0.4, -0.2) is 158 Å². The lowest BCUT2D eigenvalue weighted by molar-refractivity contribution is -0.385. The summed E-state index contributed by atoms with van der Waals surface area (Å²) in [4.78, 5) is 95.2. The number of esters is 3. The Morgan fingerprint density at radius 3 is 1.56 bits per heavy atom. The fourth-order valence-corrected chi connectivity index (χ4v) is 10.4. The third-order valence-corrected chi connectivity index (χ3v) is 15.0. The molecule has 10 atom stereocenters. The Morgan fingerprint density at radius 2 is 1.02 bits per heavy atom. The molecule has 6 aromatic rings. The van der Waals surface area contributed by atoms with E-state index < -0.39 is 109 Å². The fourth-order valence-electron chi connectivity index (χ4n) is 10.4. The summed E-state index contributed by atoms with van der Waals surface area (Å²) in [5.74, 6) is -4.49. The number of piperazine rings is 1. The largest absolute Gasteiger partial charge is 0.475 e. The van der Waals surface area contributed by atoms with Gasteiger partial charge in [0, 0.05) is 50.7 Å². The number of ether oxygens (including phenoxy) is 11. The molecule has 22 heteroatoms. The molecule has 0 aliphatic carbocycles. The molecule has 3 aliphatic rings. The maximum absolute atomic E-state index is 14.5. The second-order valence-electron chi connectivity index (χ2n) is 21.3. The Kier molecular flexibility index (Phi) is 22.6. The van der Waals surface area contributed by atoms with Crippen LogP contribution in [0.4, 0.5) is 5.69 Å². The predicted molar refractivity (Wildman–Crippen MR) is 313 cm³/mol. The van der Waals surface area contributed by atoms with E-state index in [9.17, 15) is 38.9 Å². The Bertz CT molecular complexity index is 3280. The van der Waals surface area contributed by atoms with Gasteiger partial charge in [-0.15, -0.1) is 0 Å². The number of carbonyl (C=O) groups is 6. The third-order valence-electron chi connectivity index (χ3n) is 15.0. The first-order valence-corrected chi connectivity index (χ1v) is 28.8. The number of hydrogen-bond donors (Lipinski definition) is 0. The van der Waals surface area contributed by atoms with Gasteiger partial charge in [-0.25, -0.2) is 14.4 Å². The first kappa shape index (κ1) is 63.8. The van der Waals surface area contributed by atoms with Crippen LogP contribution in [0.25, 0.3) is 0 Å². The van der Waals surface area contributed by atoms with E-state index in [0.29, 0.717) is 24.2 Å². The molecule has 0 bridgehead atoms. The minimum Gasteiger partial charge on any atom is -0.475 e. The summed E-state index contributed by atoms with van der Waals surface area (Å²) in [7, 11) is 0. The molecular weight excluding hydrogens is 1140 g/mol. The molecule has 2 amide bonds. The lowest BCUT2D eigenvalue weighted by atomic mass is 9.89. The highest BCUT2D eigenvalue weighted by Crippen LogP contribution is 2.38. The maximum atomic E-state index is 14.5. The van der Waals surface area contributed by atoms with Crippen molar-refractivity contribution >= 4 is 41.2 Å². The van der Waals surface area contributed by atoms with Gasteiger partial charge in [-0.3, -0.25) is 24.5 Å². The molecule has 9 rings (SSSR count). The zero-order chi connectivity index (χ0) is 61.9. The number of amides is 2. The first-order valence-electron chi connectivity index (χ1n) is 28.8. The van der Waals surface area contributed by atoms with E-state index in [2.05, 4.69) is 0 Å². The van der Waals surface area contributed by atoms with E-state index in [4.69, 9.17) is 52.1 Å². The zero-order valence-electron chi connectivity index (χ0n) is 48.8. The summed E-state index contributed by atoms with van der Waals surface area (Å²) in [5, 5.41) is 12.4. The number of nitro benzene ring substituents is 1. The molecule has 4 unspecified atom stereocenters. The standard InChI is InChI=1S/C66H69N3O19/c1-43(70)36-78-40-54-57(81-37-46-19-9-4-10-20-46)44(2)58(86-63(74)49-25-15-7-16-26-49)66(85-54)88-60-59(82-38-47-21-11-5-12-22-47)55(84-65(83-39-48-23-13-6-14-24-48)61(60)87-64(75)50-27-17-8-18-28-50)41-80-56(72)42-79-53-30-29-51(35-52(53)69(76)77)62(73)68-33-31-67(32-34-68)45(3)71/h4-30,35,44,54-55,57-61,65-66H,31-34,36-42H2,1-3H3/t44-,54?,55?,57+,58?,59-,60-,61?,65+,66-/m0/s1. The van der Waals surface area contributed by atoms with E-state index >= 15 is 0 Å². The van der Waals surface area contributed by atoms with Gasteiger partial charge in [0.1, 0.15) is 37.6 Å². The number of benzene rings is 6. The Morgan fingerprint density at radius 1 is 0.534 bits per heavy atom. The smallest absolute Gasteiger partial charge is 0.344 e. The van der Waals surface area contributed by atoms with Crippen LogP contribution in [0.15, 0.2) is 170 Å². The second kappa shape index (κ2) is 31.3. The molecular formula is C66H69N3O19. The quantitative estimate of drug-likeness (QED) is 0.0218. The van der Waals surface area contributed by atoms with Crippen LogP contribution in [0, 0.1) is 16.0 Å². The molecule has 6 aromatic carbocycles. The van der Waals surface area contributed by atoms with Crippen molar-refractivity contribution in [2.45, 2.75) is 95.9 Å². The van der Waals surface area contributed by atoms with E-state index in [1.165, 1.54) is 30.9 Å². The van der Waals surface area contributed by atoms with E-state index in [1.54, 1.807) is 72.5 Å². The molecule has 0 N–H and O–H groups in total. The Labute approximate surface area is 508 Å². The van der Waals surface area contributed by atoms with Crippen molar-refractivity contribution in [1.82, 2.24) is 9.80 Å². The van der Waals surface area contributed by atoms with Gasteiger partial charge in [0.15, 0.2) is 42.9 Å². The number of carbonyl (C=O) groups excluding carboxylic acids is 6. The summed E-state index contributed by atoms with van der Waals surface area (Å²) >= 11 is 0. The highest BCUT2D eigenvalue weighted by molar-refractivity contribution is 5.95. The van der Waals surface area contributed by atoms with Crippen LogP contribution in [0.1, 0.15) is 68.5 Å². The van der Waals surface area contributed by atoms with Gasteiger partial charge in [-0.1, -0.05) is 134 Å². The summed E-state index contributed by atoms with van der Waals surface area (Å²) in [5.41, 5.74) is 2.01. The van der Waals surface area contributed by atoms with E-state index in [1.807, 2.05) is 91.0 Å². The number of hydrogen-bond acceptors (Lipinski definition) is 19. The summed E-state index contributed by atoms with van der Waals surface area (Å²) in [6.45, 7) is 3.69. The van der Waals surface area contributed by atoms with Crippen molar-refractivity contribution in [3.8, 4) is 5.75 Å². The van der Waals surface area contributed by atoms with Crippen molar-refractivity contribution in [3.63, 3.8) is 0 Å². The SMILES string of the molecule is CC(=O)COCC1O[C@@H](O[C@@H]2C(OC(=O)c3ccccc3)[C@H](OCc3ccccc3)OC(COC(=O)COc3ccc(C(=O)N4CCN(C(C)=O)CC4)cc3[N+](=O)[O-])[C@@H]2OCc2ccccc2)C(OC(=O)c2ccccc2)[C@@H](C)[C@H]1OCc1ccccc1. The predicted octanol–water partition coefficient (Wildman–Crippen LogP) is 7.74. The van der Waals surface area contributed by atoms with Gasteiger partial charge >= 0.3 is 23.6 Å². The van der Waals surface area contributed by atoms with Gasteiger partial charge in [0.25, 0.3) is 5.91 Å². The number of Topliss-reactive ketones (excluding diaryl/α,β-unsaturated/α-hetero) is 1. The molecule has 0 spiro atoms. The zero-order valence-corrected chi connectivity index (χ0v) is 48.8. The van der Waals surface area contributed by atoms with E-state index in [-0.39, 0.29) is 80.3 Å². The number of ketones is 1. The highest BCUT2D eigenvalue weighted by atomic mass is 16.8. The lowest BCUT2D eigenvalue weighted by Gasteiger charge is -2.49. The van der Waals surface area contributed by atoms with Crippen LogP contribution >= 0.6 is 0 Å². The van der Waals surface area contributed by atoms with Crippen LogP contribution in [0.3, 0.4) is 0 Å². The number of rotatable bonds is 26. The van der Waals surface area contributed by atoms with Crippen LogP contribution in [0.5, 0.6) is 5.75 Å². The summed E-state index contributed by atoms with van der Waals surface area (Å²) < 4.78 is 71.2. The van der Waals surface area contributed by atoms with Gasteiger partial charge < -0.3 is 61.9 Å². The average Bonchev–Trinajstić information content (AvgIpc) is 1.10. The second-order valence-corrected chi connectivity index (χ2v) is 21.3. The summed E-state index contributed by atoms with van der Waals surface area (Å²) in [6.07, 6.45) is -12.0. The molecule has 0 saturated carbocycles. The molecule has 462 valence electrons. The molecule has 0 radical (unpaired) electrons. The van der Waals surface area contributed by atoms with Crippen molar-refractivity contribution in [2.24, 2.45) is 5.92 Å². The van der Waals surface area contributed by atoms with Crippen molar-refractivity contribution in [1.29, 1.82) is 0 Å². The molecule has 22 nitrogen and oxygen atoms in total. The minimum atomic E-state index is -1.56. The van der Waals surface area contributed by atoms with Crippen LogP contribution in [-0.2, 0) is 81.6 Å². The van der Waals surface area contributed by atoms with Crippen molar-refractivity contribution in [2.75, 3.05) is 52.6 Å². The maximum Gasteiger partial charge on any atom is 0.344 e. The fraction of sp³-hybridized carbons (Fsp3) is 0.364. The molecule has 88 heavy (non-hydrogen) atoms. The van der Waals surface area contributed by atoms with Gasteiger partial charge in [-0.2, -0.15) is 0 Å². The summed E-state index contributed by atoms with van der Waals surface area (Å²) in [6, 6.07) is 47.6. The molecule has 0 aromatic heterocycles. The number of nitrogens with zero attached hydrogens (tertiary/aromatic N) is 3. The topological polar surface area (TPSA) is 254 Å². The molecule has 3 saturated heterocycles. The normalized spacial score (nSPS) is 22.6. The van der Waals surface area contributed by atoms with Crippen molar-refractivity contribution in [3.05, 3.63) is 213 Å². The third kappa shape index (κ3) is 17.3. The van der Waals surface area contributed by atoms with Crippen LogP contribution < -0.4 is 4.74 Å². The van der Waals surface area contributed by atoms with Gasteiger partial charge in [0.2, 0.25) is 5.91 Å². The molecule has 3 aliphatic heterocycles. The highest BCUT2D eigenvalue weighted by Gasteiger charge is 2.55. The Balaban J connectivity index is 1.06. The van der Waals surface area contributed by atoms with Crippen molar-refractivity contribution < 1.29 is 85.8 Å². The first-order chi connectivity index (χ1) is 42.7. The monoisotopic (exact) mass is 1210 g/mol. The molecule has 3 heterocycles. The molecule has 3 fully saturated rings. The minimum absolute atomic E-state index is 0.00395. The lowest BCUT2D eigenvalue weighted by Crippen LogP contribution is -2.65. The van der Waals surface area contributed by atoms with E-state index in [0.717, 1.165) is 11.6 Å².